The van der Waals surface area contributed by atoms with Crippen LogP contribution >= 0.6 is 0 Å². The van der Waals surface area contributed by atoms with E-state index in [1.54, 1.807) is 13.0 Å². The quantitative estimate of drug-likeness (QED) is 0.885. The maximum atomic E-state index is 12.9. The molecule has 0 aliphatic heterocycles. The topological polar surface area (TPSA) is 32.3 Å². The van der Waals surface area contributed by atoms with Gasteiger partial charge in [-0.3, -0.25) is 0 Å². The highest BCUT2D eigenvalue weighted by atomic mass is 19.4. The molecular formula is C15H20F3NO. The second-order valence-corrected chi connectivity index (χ2v) is 5.62. The molecule has 1 fully saturated rings. The largest absolute Gasteiger partial charge is 0.416 e. The molecule has 20 heavy (non-hydrogen) atoms. The molecule has 1 saturated carbocycles. The van der Waals surface area contributed by atoms with Gasteiger partial charge in [0.05, 0.1) is 11.2 Å². The zero-order chi connectivity index (χ0) is 14.8. The predicted molar refractivity (Wildman–Crippen MR) is 71.3 cm³/mol. The lowest BCUT2D eigenvalue weighted by molar-refractivity contribution is -0.138. The van der Waals surface area contributed by atoms with Gasteiger partial charge < -0.3 is 10.4 Å². The summed E-state index contributed by atoms with van der Waals surface area (Å²) in [5.74, 6) is 0. The number of benzene rings is 1. The average Bonchev–Trinajstić information content (AvgIpc) is 2.82. The van der Waals surface area contributed by atoms with Gasteiger partial charge in [-0.2, -0.15) is 13.2 Å². The van der Waals surface area contributed by atoms with Crippen molar-refractivity contribution in [2.75, 3.05) is 6.54 Å². The lowest BCUT2D eigenvalue weighted by atomic mass is 9.98. The second kappa shape index (κ2) is 5.74. The molecule has 0 radical (unpaired) electrons. The van der Waals surface area contributed by atoms with Crippen LogP contribution in [-0.2, 0) is 6.18 Å². The molecule has 1 unspecified atom stereocenters. The molecule has 1 atom stereocenters. The second-order valence-electron chi connectivity index (χ2n) is 5.62. The van der Waals surface area contributed by atoms with Gasteiger partial charge in [0.2, 0.25) is 0 Å². The first kappa shape index (κ1) is 15.3. The fourth-order valence-corrected chi connectivity index (χ4v) is 2.80. The lowest BCUT2D eigenvalue weighted by Gasteiger charge is -2.26. The number of rotatable bonds is 4. The fourth-order valence-electron chi connectivity index (χ4n) is 2.80. The third kappa shape index (κ3) is 3.52. The van der Waals surface area contributed by atoms with E-state index in [0.29, 0.717) is 19.4 Å². The number of halogens is 3. The van der Waals surface area contributed by atoms with Gasteiger partial charge in [0.1, 0.15) is 0 Å². The van der Waals surface area contributed by atoms with Crippen molar-refractivity contribution in [2.24, 2.45) is 0 Å². The monoisotopic (exact) mass is 287 g/mol. The first-order valence-corrected chi connectivity index (χ1v) is 6.94. The normalized spacial score (nSPS) is 20.1. The van der Waals surface area contributed by atoms with Crippen LogP contribution in [0.25, 0.3) is 0 Å². The molecule has 1 aromatic carbocycles. The van der Waals surface area contributed by atoms with Crippen molar-refractivity contribution in [3.05, 3.63) is 35.4 Å². The maximum Gasteiger partial charge on any atom is 0.416 e. The van der Waals surface area contributed by atoms with E-state index >= 15 is 0 Å². The van der Waals surface area contributed by atoms with Crippen LogP contribution < -0.4 is 5.32 Å². The van der Waals surface area contributed by atoms with Crippen LogP contribution in [0.3, 0.4) is 0 Å². The zero-order valence-corrected chi connectivity index (χ0v) is 11.5. The Labute approximate surface area is 117 Å². The average molecular weight is 287 g/mol. The van der Waals surface area contributed by atoms with Crippen LogP contribution in [0.1, 0.15) is 49.8 Å². The standard InChI is InChI=1S/C15H20F3NO/c1-11(19-10-14(20)8-4-5-9-14)12-6-2-3-7-13(12)15(16,17)18/h2-3,6-7,11,19-20H,4-5,8-10H2,1H3. The number of hydrogen-bond acceptors (Lipinski definition) is 2. The molecule has 1 aromatic rings. The Hall–Kier alpha value is -1.07. The molecule has 112 valence electrons. The van der Waals surface area contributed by atoms with E-state index < -0.39 is 23.4 Å². The lowest BCUT2D eigenvalue weighted by Crippen LogP contribution is -2.39. The van der Waals surface area contributed by atoms with Gasteiger partial charge in [0.25, 0.3) is 0 Å². The summed E-state index contributed by atoms with van der Waals surface area (Å²) in [6.45, 7) is 2.03. The van der Waals surface area contributed by atoms with Crippen molar-refractivity contribution < 1.29 is 18.3 Å². The Kier molecular flexibility index (Phi) is 4.39. The number of aliphatic hydroxyl groups is 1. The van der Waals surface area contributed by atoms with Crippen molar-refractivity contribution in [3.63, 3.8) is 0 Å². The molecule has 0 spiro atoms. The van der Waals surface area contributed by atoms with Gasteiger partial charge in [-0.15, -0.1) is 0 Å². The van der Waals surface area contributed by atoms with Crippen molar-refractivity contribution >= 4 is 0 Å². The Morgan fingerprint density at radius 3 is 2.45 bits per heavy atom. The van der Waals surface area contributed by atoms with E-state index in [4.69, 9.17) is 0 Å². The molecule has 1 aliphatic carbocycles. The Balaban J connectivity index is 2.07. The van der Waals surface area contributed by atoms with Crippen LogP contribution in [0.4, 0.5) is 13.2 Å². The van der Waals surface area contributed by atoms with Crippen LogP contribution in [0.15, 0.2) is 24.3 Å². The van der Waals surface area contributed by atoms with E-state index in [-0.39, 0.29) is 5.56 Å². The molecule has 0 bridgehead atoms. The summed E-state index contributed by atoms with van der Waals surface area (Å²) >= 11 is 0. The smallest absolute Gasteiger partial charge is 0.389 e. The van der Waals surface area contributed by atoms with E-state index in [2.05, 4.69) is 5.32 Å². The molecule has 0 saturated heterocycles. The first-order chi connectivity index (χ1) is 9.32. The minimum atomic E-state index is -4.35. The summed E-state index contributed by atoms with van der Waals surface area (Å²) in [6.07, 6.45) is -0.963. The molecule has 2 rings (SSSR count). The third-order valence-corrected chi connectivity index (χ3v) is 4.00. The van der Waals surface area contributed by atoms with Crippen molar-refractivity contribution in [2.45, 2.75) is 50.4 Å². The minimum absolute atomic E-state index is 0.224. The molecule has 0 aromatic heterocycles. The summed E-state index contributed by atoms with van der Waals surface area (Å²) < 4.78 is 38.8. The molecule has 2 nitrogen and oxygen atoms in total. The maximum absolute atomic E-state index is 12.9. The minimum Gasteiger partial charge on any atom is -0.389 e. The summed E-state index contributed by atoms with van der Waals surface area (Å²) in [5, 5.41) is 13.3. The molecule has 0 amide bonds. The van der Waals surface area contributed by atoms with Gasteiger partial charge in [-0.05, 0) is 31.4 Å². The van der Waals surface area contributed by atoms with Gasteiger partial charge >= 0.3 is 6.18 Å². The Morgan fingerprint density at radius 2 is 1.85 bits per heavy atom. The Morgan fingerprint density at radius 1 is 1.25 bits per heavy atom. The van der Waals surface area contributed by atoms with Crippen LogP contribution in [0, 0.1) is 0 Å². The first-order valence-electron chi connectivity index (χ1n) is 6.94. The summed E-state index contributed by atoms with van der Waals surface area (Å²) in [5.41, 5.74) is -1.15. The molecule has 5 heteroatoms. The fraction of sp³-hybridized carbons (Fsp3) is 0.600. The Bertz CT molecular complexity index is 453. The molecular weight excluding hydrogens is 267 g/mol. The van der Waals surface area contributed by atoms with E-state index in [1.165, 1.54) is 12.1 Å². The van der Waals surface area contributed by atoms with Gasteiger partial charge in [0.15, 0.2) is 0 Å². The highest BCUT2D eigenvalue weighted by Crippen LogP contribution is 2.35. The van der Waals surface area contributed by atoms with Crippen LogP contribution in [-0.4, -0.2) is 17.3 Å². The van der Waals surface area contributed by atoms with Gasteiger partial charge in [0, 0.05) is 12.6 Å². The third-order valence-electron chi connectivity index (χ3n) is 4.00. The number of nitrogens with one attached hydrogen (secondary N) is 1. The van der Waals surface area contributed by atoms with E-state index in [0.717, 1.165) is 18.9 Å². The summed E-state index contributed by atoms with van der Waals surface area (Å²) in [7, 11) is 0. The van der Waals surface area contributed by atoms with Crippen molar-refractivity contribution in [1.29, 1.82) is 0 Å². The highest BCUT2D eigenvalue weighted by molar-refractivity contribution is 5.32. The van der Waals surface area contributed by atoms with Crippen molar-refractivity contribution in [1.82, 2.24) is 5.32 Å². The molecule has 0 heterocycles. The molecule has 2 N–H and O–H groups in total. The van der Waals surface area contributed by atoms with Crippen LogP contribution in [0.5, 0.6) is 0 Å². The SMILES string of the molecule is CC(NCC1(O)CCCC1)c1ccccc1C(F)(F)F. The molecule has 1 aliphatic rings. The highest BCUT2D eigenvalue weighted by Gasteiger charge is 2.35. The number of alkyl halides is 3. The summed E-state index contributed by atoms with van der Waals surface area (Å²) in [6, 6.07) is 5.13. The van der Waals surface area contributed by atoms with Gasteiger partial charge in [-0.1, -0.05) is 31.0 Å². The predicted octanol–water partition coefficient (Wildman–Crippen LogP) is 3.66. The van der Waals surface area contributed by atoms with Crippen LogP contribution in [0.2, 0.25) is 0 Å². The van der Waals surface area contributed by atoms with Gasteiger partial charge in [-0.25, -0.2) is 0 Å². The zero-order valence-electron chi connectivity index (χ0n) is 11.5. The van der Waals surface area contributed by atoms with E-state index in [9.17, 15) is 18.3 Å². The number of hydrogen-bond donors (Lipinski definition) is 2. The van der Waals surface area contributed by atoms with Crippen molar-refractivity contribution in [3.8, 4) is 0 Å². The van der Waals surface area contributed by atoms with E-state index in [1.807, 2.05) is 0 Å². The summed E-state index contributed by atoms with van der Waals surface area (Å²) in [4.78, 5) is 0.